The van der Waals surface area contributed by atoms with Gasteiger partial charge in [0.25, 0.3) is 0 Å². The van der Waals surface area contributed by atoms with Crippen LogP contribution in [0.25, 0.3) is 0 Å². The van der Waals surface area contributed by atoms with Crippen LogP contribution >= 0.6 is 0 Å². The first-order valence-corrected chi connectivity index (χ1v) is 6.67. The molecule has 0 radical (unpaired) electrons. The second-order valence-corrected chi connectivity index (χ2v) is 5.82. The second kappa shape index (κ2) is 4.88. The van der Waals surface area contributed by atoms with Gasteiger partial charge in [-0.3, -0.25) is 0 Å². The molecule has 2 aliphatic rings. The minimum absolute atomic E-state index is 0.112. The lowest BCUT2D eigenvalue weighted by atomic mass is 9.80. The molecule has 21 heavy (non-hydrogen) atoms. The fraction of sp³-hybridized carbons (Fsp3) is 0.571. The van der Waals surface area contributed by atoms with Gasteiger partial charge in [-0.15, -0.1) is 0 Å². The van der Waals surface area contributed by atoms with Gasteiger partial charge in [-0.2, -0.15) is 0 Å². The number of aliphatic hydroxyl groups is 4. The van der Waals surface area contributed by atoms with Gasteiger partial charge in [-0.1, -0.05) is 0 Å². The maximum Gasteiger partial charge on any atom is 0.131 e. The molecule has 4 N–H and O–H groups in total. The standard InChI is InChI=1S/C14H16F2O5/c15-6-1-7(16)3-8(2-6)21-12-9-4-14(9,5-17)13(20)11(19)10(12)18/h1-3,9-13,17-20H,4-5H2/t9-,10-,11-,12+,13-,14+/m1/s1. The largest absolute Gasteiger partial charge is 0.487 e. The van der Waals surface area contributed by atoms with Crippen LogP contribution in [0.15, 0.2) is 18.2 Å². The van der Waals surface area contributed by atoms with Gasteiger partial charge in [0.2, 0.25) is 0 Å². The van der Waals surface area contributed by atoms with Gasteiger partial charge in [0.1, 0.15) is 35.7 Å². The van der Waals surface area contributed by atoms with Gasteiger partial charge in [0, 0.05) is 29.5 Å². The lowest BCUT2D eigenvalue weighted by Crippen LogP contribution is -2.57. The first-order chi connectivity index (χ1) is 9.89. The first kappa shape index (κ1) is 14.6. The molecule has 2 fully saturated rings. The summed E-state index contributed by atoms with van der Waals surface area (Å²) in [4.78, 5) is 0. The van der Waals surface area contributed by atoms with E-state index in [0.29, 0.717) is 12.5 Å². The molecule has 0 amide bonds. The van der Waals surface area contributed by atoms with Crippen molar-refractivity contribution in [1.29, 1.82) is 0 Å². The Bertz CT molecular complexity index is 534. The van der Waals surface area contributed by atoms with Crippen molar-refractivity contribution >= 4 is 0 Å². The number of hydrogen-bond acceptors (Lipinski definition) is 5. The zero-order valence-electron chi connectivity index (χ0n) is 11.0. The fourth-order valence-corrected chi connectivity index (χ4v) is 3.27. The summed E-state index contributed by atoms with van der Waals surface area (Å²) in [5.41, 5.74) is -0.921. The molecule has 7 heteroatoms. The van der Waals surface area contributed by atoms with Crippen LogP contribution < -0.4 is 4.74 Å². The Kier molecular flexibility index (Phi) is 3.40. The zero-order valence-corrected chi connectivity index (χ0v) is 11.0. The Morgan fingerprint density at radius 2 is 1.71 bits per heavy atom. The van der Waals surface area contributed by atoms with Crippen molar-refractivity contribution < 1.29 is 33.9 Å². The van der Waals surface area contributed by atoms with Gasteiger partial charge in [0.05, 0.1) is 12.7 Å². The van der Waals surface area contributed by atoms with E-state index in [4.69, 9.17) is 4.74 Å². The average molecular weight is 302 g/mol. The maximum absolute atomic E-state index is 13.2. The topological polar surface area (TPSA) is 90.2 Å². The van der Waals surface area contributed by atoms with E-state index in [-0.39, 0.29) is 18.3 Å². The molecule has 0 unspecified atom stereocenters. The molecule has 116 valence electrons. The summed E-state index contributed by atoms with van der Waals surface area (Å²) >= 11 is 0. The number of benzene rings is 1. The Morgan fingerprint density at radius 1 is 1.10 bits per heavy atom. The van der Waals surface area contributed by atoms with Crippen LogP contribution in [0.5, 0.6) is 5.75 Å². The first-order valence-electron chi connectivity index (χ1n) is 6.67. The number of ether oxygens (including phenoxy) is 1. The van der Waals surface area contributed by atoms with E-state index in [2.05, 4.69) is 0 Å². The third kappa shape index (κ3) is 2.20. The molecule has 0 bridgehead atoms. The highest BCUT2D eigenvalue weighted by atomic mass is 19.1. The predicted molar refractivity (Wildman–Crippen MR) is 66.4 cm³/mol. The molecule has 2 aliphatic carbocycles. The Labute approximate surface area is 119 Å². The molecular weight excluding hydrogens is 286 g/mol. The third-order valence-corrected chi connectivity index (χ3v) is 4.58. The van der Waals surface area contributed by atoms with Crippen LogP contribution in [-0.4, -0.2) is 51.4 Å². The Morgan fingerprint density at radius 3 is 2.29 bits per heavy atom. The van der Waals surface area contributed by atoms with Gasteiger partial charge >= 0.3 is 0 Å². The van der Waals surface area contributed by atoms with Crippen molar-refractivity contribution in [1.82, 2.24) is 0 Å². The third-order valence-electron chi connectivity index (χ3n) is 4.58. The van der Waals surface area contributed by atoms with Crippen LogP contribution in [0.1, 0.15) is 6.42 Å². The number of rotatable bonds is 3. The normalized spacial score (nSPS) is 41.5. The van der Waals surface area contributed by atoms with Crippen molar-refractivity contribution in [3.05, 3.63) is 29.8 Å². The van der Waals surface area contributed by atoms with Crippen molar-refractivity contribution in [3.63, 3.8) is 0 Å². The van der Waals surface area contributed by atoms with Gasteiger partial charge in [-0.05, 0) is 6.42 Å². The number of halogens is 2. The highest BCUT2D eigenvalue weighted by molar-refractivity contribution is 5.26. The number of fused-ring (bicyclic) bond motifs is 1. The molecule has 0 heterocycles. The molecule has 6 atom stereocenters. The van der Waals surface area contributed by atoms with Crippen LogP contribution in [0.4, 0.5) is 8.78 Å². The molecule has 3 rings (SSSR count). The minimum Gasteiger partial charge on any atom is -0.487 e. The van der Waals surface area contributed by atoms with Crippen molar-refractivity contribution in [2.24, 2.45) is 11.3 Å². The summed E-state index contributed by atoms with van der Waals surface area (Å²) in [7, 11) is 0. The van der Waals surface area contributed by atoms with Crippen LogP contribution in [0, 0.1) is 23.0 Å². The van der Waals surface area contributed by atoms with E-state index >= 15 is 0 Å². The Balaban J connectivity index is 1.85. The van der Waals surface area contributed by atoms with E-state index in [9.17, 15) is 29.2 Å². The zero-order chi connectivity index (χ0) is 15.4. The summed E-state index contributed by atoms with van der Waals surface area (Å²) in [5.74, 6) is -2.14. The van der Waals surface area contributed by atoms with Crippen molar-refractivity contribution in [2.75, 3.05) is 6.61 Å². The summed E-state index contributed by atoms with van der Waals surface area (Å²) in [5, 5.41) is 39.2. The predicted octanol–water partition coefficient (Wildman–Crippen LogP) is -0.193. The van der Waals surface area contributed by atoms with Gasteiger partial charge < -0.3 is 25.2 Å². The molecule has 0 aliphatic heterocycles. The molecule has 0 spiro atoms. The summed E-state index contributed by atoms with van der Waals surface area (Å²) in [6.07, 6.45) is -4.73. The molecule has 1 aromatic carbocycles. The molecule has 2 saturated carbocycles. The van der Waals surface area contributed by atoms with E-state index < -0.39 is 41.5 Å². The lowest BCUT2D eigenvalue weighted by Gasteiger charge is -2.39. The van der Waals surface area contributed by atoms with E-state index in [0.717, 1.165) is 12.1 Å². The fourth-order valence-electron chi connectivity index (χ4n) is 3.27. The van der Waals surface area contributed by atoms with Crippen LogP contribution in [0.2, 0.25) is 0 Å². The summed E-state index contributed by atoms with van der Waals surface area (Å²) in [6.45, 7) is -0.361. The van der Waals surface area contributed by atoms with E-state index in [1.807, 2.05) is 0 Å². The molecular formula is C14H16F2O5. The monoisotopic (exact) mass is 302 g/mol. The molecule has 1 aromatic rings. The molecule has 0 saturated heterocycles. The Hall–Kier alpha value is -1.28. The average Bonchev–Trinajstić information content (AvgIpc) is 3.16. The van der Waals surface area contributed by atoms with Gasteiger partial charge in [0.15, 0.2) is 0 Å². The lowest BCUT2D eigenvalue weighted by molar-refractivity contribution is -0.161. The second-order valence-electron chi connectivity index (χ2n) is 5.82. The van der Waals surface area contributed by atoms with Crippen molar-refractivity contribution in [3.8, 4) is 5.75 Å². The van der Waals surface area contributed by atoms with E-state index in [1.165, 1.54) is 0 Å². The van der Waals surface area contributed by atoms with Gasteiger partial charge in [-0.25, -0.2) is 8.78 Å². The quantitative estimate of drug-likeness (QED) is 0.621. The summed E-state index contributed by atoms with van der Waals surface area (Å²) < 4.78 is 31.7. The molecule has 5 nitrogen and oxygen atoms in total. The number of hydrogen-bond donors (Lipinski definition) is 4. The molecule has 0 aromatic heterocycles. The van der Waals surface area contributed by atoms with Crippen LogP contribution in [-0.2, 0) is 0 Å². The highest BCUT2D eigenvalue weighted by Crippen LogP contribution is 2.61. The summed E-state index contributed by atoms with van der Waals surface area (Å²) in [6, 6.07) is 2.63. The SMILES string of the molecule is OC[C@@]12C[C@@H]1[C@H](Oc1cc(F)cc(F)c1)[C@H](O)[C@@H](O)[C@H]2O. The van der Waals surface area contributed by atoms with E-state index in [1.54, 1.807) is 0 Å². The van der Waals surface area contributed by atoms with Crippen molar-refractivity contribution in [2.45, 2.75) is 30.8 Å². The number of aliphatic hydroxyl groups excluding tert-OH is 4. The van der Waals surface area contributed by atoms with Crippen LogP contribution in [0.3, 0.4) is 0 Å². The smallest absolute Gasteiger partial charge is 0.131 e. The highest BCUT2D eigenvalue weighted by Gasteiger charge is 2.69. The maximum atomic E-state index is 13.2. The minimum atomic E-state index is -1.49.